The molecule has 116 valence electrons. The third kappa shape index (κ3) is 3.46. The maximum Gasteiger partial charge on any atom is 0.261 e. The summed E-state index contributed by atoms with van der Waals surface area (Å²) in [7, 11) is -0.495. The van der Waals surface area contributed by atoms with E-state index in [0.29, 0.717) is 5.56 Å². The highest BCUT2D eigenvalue weighted by molar-refractivity contribution is 7.92. The van der Waals surface area contributed by atoms with Crippen LogP contribution in [0.2, 0.25) is 0 Å². The van der Waals surface area contributed by atoms with Gasteiger partial charge in [0.15, 0.2) is 0 Å². The average Bonchev–Trinajstić information content (AvgIpc) is 2.47. The first kappa shape index (κ1) is 16.0. The summed E-state index contributed by atoms with van der Waals surface area (Å²) in [5.74, 6) is -0.262. The van der Waals surface area contributed by atoms with Crippen LogP contribution in [0, 0.1) is 6.92 Å². The molecule has 22 heavy (non-hydrogen) atoms. The summed E-state index contributed by atoms with van der Waals surface area (Å²) in [6, 6.07) is 13.1. The van der Waals surface area contributed by atoms with Gasteiger partial charge >= 0.3 is 0 Å². The minimum Gasteiger partial charge on any atom is -0.345 e. The maximum absolute atomic E-state index is 12.4. The largest absolute Gasteiger partial charge is 0.345 e. The molecule has 0 aliphatic rings. The molecule has 1 N–H and O–H groups in total. The molecule has 5 nitrogen and oxygen atoms in total. The second-order valence-corrected chi connectivity index (χ2v) is 6.85. The summed E-state index contributed by atoms with van der Waals surface area (Å²) in [5.41, 5.74) is 1.55. The van der Waals surface area contributed by atoms with Crippen LogP contribution in [0.1, 0.15) is 15.9 Å². The van der Waals surface area contributed by atoms with Crippen LogP contribution in [0.25, 0.3) is 0 Å². The molecule has 2 rings (SSSR count). The molecule has 0 fully saturated rings. The fourth-order valence-electron chi connectivity index (χ4n) is 1.92. The van der Waals surface area contributed by atoms with E-state index in [1.165, 1.54) is 17.0 Å². The molecule has 0 spiro atoms. The van der Waals surface area contributed by atoms with Crippen molar-refractivity contribution in [3.63, 3.8) is 0 Å². The van der Waals surface area contributed by atoms with E-state index in [1.54, 1.807) is 50.5 Å². The summed E-state index contributed by atoms with van der Waals surface area (Å²) >= 11 is 0. The molecule has 0 bridgehead atoms. The number of benzene rings is 2. The van der Waals surface area contributed by atoms with E-state index in [9.17, 15) is 13.2 Å². The molecule has 0 radical (unpaired) electrons. The Kier molecular flexibility index (Phi) is 4.51. The molecule has 0 saturated heterocycles. The van der Waals surface area contributed by atoms with Crippen molar-refractivity contribution < 1.29 is 13.2 Å². The Morgan fingerprint density at radius 1 is 1.00 bits per heavy atom. The monoisotopic (exact) mass is 318 g/mol. The highest BCUT2D eigenvalue weighted by Gasteiger charge is 2.19. The van der Waals surface area contributed by atoms with Gasteiger partial charge in [0, 0.05) is 14.1 Å². The SMILES string of the molecule is Cc1ccc(S(=O)(=O)Nc2ccccc2C(=O)N(C)C)cc1. The van der Waals surface area contributed by atoms with Gasteiger partial charge in [-0.2, -0.15) is 0 Å². The molecule has 2 aromatic rings. The van der Waals surface area contributed by atoms with Crippen LogP contribution in [0.3, 0.4) is 0 Å². The van der Waals surface area contributed by atoms with Crippen LogP contribution < -0.4 is 4.72 Å². The van der Waals surface area contributed by atoms with Crippen molar-refractivity contribution in [1.29, 1.82) is 0 Å². The molecule has 0 aliphatic carbocycles. The van der Waals surface area contributed by atoms with E-state index in [2.05, 4.69) is 4.72 Å². The van der Waals surface area contributed by atoms with Crippen LogP contribution in [0.4, 0.5) is 5.69 Å². The Morgan fingerprint density at radius 2 is 1.59 bits per heavy atom. The van der Waals surface area contributed by atoms with Crippen LogP contribution in [0.5, 0.6) is 0 Å². The molecule has 0 aromatic heterocycles. The molecule has 0 heterocycles. The fraction of sp³-hybridized carbons (Fsp3) is 0.188. The number of carbonyl (C=O) groups is 1. The predicted octanol–water partition coefficient (Wildman–Crippen LogP) is 2.50. The first-order valence-corrected chi connectivity index (χ1v) is 8.20. The maximum atomic E-state index is 12.4. The number of anilines is 1. The Balaban J connectivity index is 2.38. The quantitative estimate of drug-likeness (QED) is 0.942. The highest BCUT2D eigenvalue weighted by atomic mass is 32.2. The van der Waals surface area contributed by atoms with Gasteiger partial charge in [-0.05, 0) is 31.2 Å². The van der Waals surface area contributed by atoms with Crippen LogP contribution in [-0.2, 0) is 10.0 Å². The van der Waals surface area contributed by atoms with Crippen molar-refractivity contribution >= 4 is 21.6 Å². The summed E-state index contributed by atoms with van der Waals surface area (Å²) in [4.78, 5) is 13.7. The van der Waals surface area contributed by atoms with Gasteiger partial charge in [0.25, 0.3) is 15.9 Å². The minimum absolute atomic E-state index is 0.158. The molecular formula is C16H18N2O3S. The molecule has 2 aromatic carbocycles. The van der Waals surface area contributed by atoms with Gasteiger partial charge in [0.1, 0.15) is 0 Å². The zero-order chi connectivity index (χ0) is 16.3. The van der Waals surface area contributed by atoms with Crippen LogP contribution >= 0.6 is 0 Å². The van der Waals surface area contributed by atoms with Crippen molar-refractivity contribution in [2.75, 3.05) is 18.8 Å². The number of hydrogen-bond donors (Lipinski definition) is 1. The van der Waals surface area contributed by atoms with Gasteiger partial charge in [0.2, 0.25) is 0 Å². The number of amides is 1. The van der Waals surface area contributed by atoms with Gasteiger partial charge in [-0.15, -0.1) is 0 Å². The summed E-state index contributed by atoms with van der Waals surface area (Å²) < 4.78 is 27.3. The van der Waals surface area contributed by atoms with Crippen molar-refractivity contribution in [3.8, 4) is 0 Å². The zero-order valence-corrected chi connectivity index (χ0v) is 13.5. The predicted molar refractivity (Wildman–Crippen MR) is 86.4 cm³/mol. The molecule has 0 aliphatic heterocycles. The third-order valence-corrected chi connectivity index (χ3v) is 4.52. The average molecular weight is 318 g/mol. The lowest BCUT2D eigenvalue weighted by atomic mass is 10.1. The molecule has 1 amide bonds. The molecule has 0 atom stereocenters. The molecular weight excluding hydrogens is 300 g/mol. The fourth-order valence-corrected chi connectivity index (χ4v) is 3.00. The number of hydrogen-bond acceptors (Lipinski definition) is 3. The van der Waals surface area contributed by atoms with E-state index >= 15 is 0 Å². The number of para-hydroxylation sites is 1. The standard InChI is InChI=1S/C16H18N2O3S/c1-12-8-10-13(11-9-12)22(20,21)17-15-7-5-4-6-14(15)16(19)18(2)3/h4-11,17H,1-3H3. The van der Waals surface area contributed by atoms with E-state index in [-0.39, 0.29) is 16.5 Å². The Hall–Kier alpha value is -2.34. The van der Waals surface area contributed by atoms with Gasteiger partial charge in [-0.3, -0.25) is 9.52 Å². The second-order valence-electron chi connectivity index (χ2n) is 5.16. The molecule has 0 saturated carbocycles. The number of sulfonamides is 1. The number of carbonyl (C=O) groups excluding carboxylic acids is 1. The number of rotatable bonds is 4. The number of nitrogens with one attached hydrogen (secondary N) is 1. The van der Waals surface area contributed by atoms with Crippen molar-refractivity contribution in [3.05, 3.63) is 59.7 Å². The summed E-state index contributed by atoms with van der Waals surface area (Å²) in [5, 5.41) is 0. The first-order valence-electron chi connectivity index (χ1n) is 6.71. The van der Waals surface area contributed by atoms with Crippen molar-refractivity contribution in [1.82, 2.24) is 4.90 Å². The van der Waals surface area contributed by atoms with E-state index in [0.717, 1.165) is 5.56 Å². The normalized spacial score (nSPS) is 11.0. The Bertz CT molecular complexity index is 781. The lowest BCUT2D eigenvalue weighted by molar-refractivity contribution is 0.0828. The minimum atomic E-state index is -3.73. The topological polar surface area (TPSA) is 66.5 Å². The van der Waals surface area contributed by atoms with E-state index in [1.807, 2.05) is 6.92 Å². The van der Waals surface area contributed by atoms with Gasteiger partial charge in [-0.1, -0.05) is 29.8 Å². The Morgan fingerprint density at radius 3 is 2.18 bits per heavy atom. The van der Waals surface area contributed by atoms with E-state index in [4.69, 9.17) is 0 Å². The van der Waals surface area contributed by atoms with Crippen molar-refractivity contribution in [2.45, 2.75) is 11.8 Å². The lowest BCUT2D eigenvalue weighted by Crippen LogP contribution is -2.24. The lowest BCUT2D eigenvalue weighted by Gasteiger charge is -2.15. The molecule has 6 heteroatoms. The first-order chi connectivity index (χ1) is 10.3. The van der Waals surface area contributed by atoms with Gasteiger partial charge < -0.3 is 4.90 Å². The third-order valence-electron chi connectivity index (χ3n) is 3.14. The number of nitrogens with zero attached hydrogens (tertiary/aromatic N) is 1. The Labute approximate surface area is 130 Å². The molecule has 0 unspecified atom stereocenters. The second kappa shape index (κ2) is 6.19. The highest BCUT2D eigenvalue weighted by Crippen LogP contribution is 2.21. The number of aryl methyl sites for hydroxylation is 1. The van der Waals surface area contributed by atoms with Gasteiger partial charge in [0.05, 0.1) is 16.1 Å². The van der Waals surface area contributed by atoms with Crippen LogP contribution in [0.15, 0.2) is 53.4 Å². The van der Waals surface area contributed by atoms with E-state index < -0.39 is 10.0 Å². The summed E-state index contributed by atoms with van der Waals surface area (Å²) in [6.07, 6.45) is 0. The smallest absolute Gasteiger partial charge is 0.261 e. The van der Waals surface area contributed by atoms with Crippen LogP contribution in [-0.4, -0.2) is 33.3 Å². The summed E-state index contributed by atoms with van der Waals surface area (Å²) in [6.45, 7) is 1.88. The van der Waals surface area contributed by atoms with Crippen molar-refractivity contribution in [2.24, 2.45) is 0 Å². The zero-order valence-electron chi connectivity index (χ0n) is 12.7. The van der Waals surface area contributed by atoms with Gasteiger partial charge in [-0.25, -0.2) is 8.42 Å².